The Hall–Kier alpha value is -2.06. The van der Waals surface area contributed by atoms with Crippen LogP contribution in [0.3, 0.4) is 0 Å². The first-order chi connectivity index (χ1) is 12.5. The van der Waals surface area contributed by atoms with Gasteiger partial charge in [0.15, 0.2) is 5.82 Å². The van der Waals surface area contributed by atoms with Gasteiger partial charge in [0.2, 0.25) is 5.91 Å². The molecule has 2 saturated heterocycles. The van der Waals surface area contributed by atoms with Gasteiger partial charge in [0, 0.05) is 25.5 Å². The van der Waals surface area contributed by atoms with E-state index in [1.54, 1.807) is 11.1 Å². The van der Waals surface area contributed by atoms with E-state index in [2.05, 4.69) is 15.3 Å². The van der Waals surface area contributed by atoms with Crippen molar-refractivity contribution in [2.24, 2.45) is 5.92 Å². The number of aliphatic hydroxyl groups is 1. The highest BCUT2D eigenvalue weighted by Gasteiger charge is 2.44. The molecule has 2 amide bonds. The van der Waals surface area contributed by atoms with Gasteiger partial charge in [-0.1, -0.05) is 0 Å². The lowest BCUT2D eigenvalue weighted by Gasteiger charge is -2.39. The van der Waals surface area contributed by atoms with Crippen molar-refractivity contribution in [1.82, 2.24) is 14.9 Å². The zero-order valence-corrected chi connectivity index (χ0v) is 14.6. The summed E-state index contributed by atoms with van der Waals surface area (Å²) in [6.45, 7) is 1.16. The van der Waals surface area contributed by atoms with Crippen LogP contribution in [0.4, 0.5) is 5.82 Å². The van der Waals surface area contributed by atoms with E-state index in [0.29, 0.717) is 38.2 Å². The maximum atomic E-state index is 12.5. The van der Waals surface area contributed by atoms with Gasteiger partial charge in [-0.15, -0.1) is 0 Å². The molecule has 2 N–H and O–H groups in total. The maximum Gasteiger partial charge on any atom is 0.254 e. The summed E-state index contributed by atoms with van der Waals surface area (Å²) in [5, 5.41) is 12.9. The second kappa shape index (κ2) is 6.92. The van der Waals surface area contributed by atoms with Crippen molar-refractivity contribution in [3.8, 4) is 0 Å². The van der Waals surface area contributed by atoms with E-state index in [-0.39, 0.29) is 30.3 Å². The first-order valence-electron chi connectivity index (χ1n) is 9.25. The number of rotatable bonds is 4. The summed E-state index contributed by atoms with van der Waals surface area (Å²) in [6, 6.07) is 0. The van der Waals surface area contributed by atoms with Crippen LogP contribution in [-0.2, 0) is 14.3 Å². The molecule has 3 atom stereocenters. The molecule has 8 nitrogen and oxygen atoms in total. The van der Waals surface area contributed by atoms with Gasteiger partial charge in [-0.25, -0.2) is 4.98 Å². The fraction of sp³-hybridized carbons (Fsp3) is 0.667. The molecule has 0 spiro atoms. The molecule has 0 bridgehead atoms. The van der Waals surface area contributed by atoms with Crippen LogP contribution in [0.15, 0.2) is 18.6 Å². The van der Waals surface area contributed by atoms with E-state index < -0.39 is 11.7 Å². The van der Waals surface area contributed by atoms with Crippen molar-refractivity contribution in [3.63, 3.8) is 0 Å². The van der Waals surface area contributed by atoms with Crippen molar-refractivity contribution >= 4 is 17.6 Å². The monoisotopic (exact) mass is 360 g/mol. The van der Waals surface area contributed by atoms with Gasteiger partial charge in [0.1, 0.15) is 6.10 Å². The summed E-state index contributed by atoms with van der Waals surface area (Å²) in [6.07, 6.45) is 7.98. The molecule has 4 rings (SSSR count). The molecule has 1 saturated carbocycles. The van der Waals surface area contributed by atoms with Crippen LogP contribution in [0.5, 0.6) is 0 Å². The number of amides is 2. The predicted octanol–water partition coefficient (Wildman–Crippen LogP) is 0.726. The highest BCUT2D eigenvalue weighted by Crippen LogP contribution is 2.37. The van der Waals surface area contributed by atoms with Gasteiger partial charge in [-0.05, 0) is 38.0 Å². The number of hydrogen-bond acceptors (Lipinski definition) is 6. The Balaban J connectivity index is 1.31. The number of hydrogen-bond donors (Lipinski definition) is 2. The Morgan fingerprint density at radius 3 is 2.92 bits per heavy atom. The van der Waals surface area contributed by atoms with Crippen LogP contribution in [0.2, 0.25) is 0 Å². The van der Waals surface area contributed by atoms with Gasteiger partial charge in [0.25, 0.3) is 5.91 Å². The largest absolute Gasteiger partial charge is 0.389 e. The number of likely N-dealkylation sites (tertiary alicyclic amines) is 1. The second-order valence-electron chi connectivity index (χ2n) is 7.62. The highest BCUT2D eigenvalue weighted by molar-refractivity contribution is 5.93. The fourth-order valence-electron chi connectivity index (χ4n) is 4.05. The lowest BCUT2D eigenvalue weighted by molar-refractivity contribution is -0.145. The van der Waals surface area contributed by atoms with Gasteiger partial charge in [0.05, 0.1) is 24.3 Å². The number of nitrogens with one attached hydrogen (secondary N) is 1. The summed E-state index contributed by atoms with van der Waals surface area (Å²) in [7, 11) is 0. The third-order valence-electron chi connectivity index (χ3n) is 5.78. The summed E-state index contributed by atoms with van der Waals surface area (Å²) in [5.41, 5.74) is -0.802. The summed E-state index contributed by atoms with van der Waals surface area (Å²) in [4.78, 5) is 34.6. The van der Waals surface area contributed by atoms with Crippen molar-refractivity contribution in [3.05, 3.63) is 18.6 Å². The highest BCUT2D eigenvalue weighted by atomic mass is 16.5. The number of nitrogens with zero attached hydrogens (tertiary/aromatic N) is 3. The molecular formula is C18H24N4O4. The molecule has 3 heterocycles. The minimum Gasteiger partial charge on any atom is -0.389 e. The maximum absolute atomic E-state index is 12.5. The Morgan fingerprint density at radius 1 is 1.38 bits per heavy atom. The molecule has 0 aromatic carbocycles. The number of fused-ring (bicyclic) bond motifs is 1. The number of piperidine rings is 1. The van der Waals surface area contributed by atoms with E-state index in [4.69, 9.17) is 4.74 Å². The molecule has 1 aliphatic carbocycles. The molecule has 1 aromatic rings. The lowest BCUT2D eigenvalue weighted by Crippen LogP contribution is -2.49. The second-order valence-corrected chi connectivity index (χ2v) is 7.62. The predicted molar refractivity (Wildman–Crippen MR) is 92.0 cm³/mol. The molecule has 0 radical (unpaired) electrons. The number of aromatic nitrogens is 2. The number of ether oxygens (including phenoxy) is 1. The molecular weight excluding hydrogens is 336 g/mol. The van der Waals surface area contributed by atoms with Crippen LogP contribution in [0.25, 0.3) is 0 Å². The Labute approximate surface area is 152 Å². The molecule has 140 valence electrons. The molecule has 8 heteroatoms. The van der Waals surface area contributed by atoms with Gasteiger partial charge >= 0.3 is 0 Å². The van der Waals surface area contributed by atoms with Crippen molar-refractivity contribution in [2.45, 2.75) is 56.3 Å². The fourth-order valence-corrected chi connectivity index (χ4v) is 4.05. The molecule has 0 unspecified atom stereocenters. The van der Waals surface area contributed by atoms with Gasteiger partial charge < -0.3 is 20.1 Å². The number of carbonyl (C=O) groups is 2. The standard InChI is InChI=1S/C18H24N4O4/c23-16(9-18(25)3-1-4-18)22-7-2-12-8-13(26-14(12)11-22)17(24)21-15-10-19-5-6-20-15/h5-6,10,12-14,25H,1-4,7-9,11H2,(H,20,21,24)/t12-,13-,14+/m0/s1. The Bertz CT molecular complexity index is 679. The van der Waals surface area contributed by atoms with Crippen LogP contribution in [0.1, 0.15) is 38.5 Å². The van der Waals surface area contributed by atoms with Crippen molar-refractivity contribution in [2.75, 3.05) is 18.4 Å². The van der Waals surface area contributed by atoms with E-state index in [1.807, 2.05) is 0 Å². The zero-order valence-electron chi connectivity index (χ0n) is 14.6. The average molecular weight is 360 g/mol. The third-order valence-corrected chi connectivity index (χ3v) is 5.78. The number of carbonyl (C=O) groups excluding carboxylic acids is 2. The normalized spacial score (nSPS) is 29.6. The molecule has 3 fully saturated rings. The summed E-state index contributed by atoms with van der Waals surface area (Å²) < 4.78 is 5.93. The molecule has 1 aromatic heterocycles. The first-order valence-corrected chi connectivity index (χ1v) is 9.25. The van der Waals surface area contributed by atoms with Crippen LogP contribution in [-0.4, -0.2) is 62.7 Å². The van der Waals surface area contributed by atoms with Crippen LogP contribution >= 0.6 is 0 Å². The van der Waals surface area contributed by atoms with Gasteiger partial charge in [-0.2, -0.15) is 0 Å². The summed E-state index contributed by atoms with van der Waals surface area (Å²) >= 11 is 0. The number of anilines is 1. The van der Waals surface area contributed by atoms with E-state index in [9.17, 15) is 14.7 Å². The van der Waals surface area contributed by atoms with Crippen LogP contribution < -0.4 is 5.32 Å². The lowest BCUT2D eigenvalue weighted by atomic mass is 9.77. The minimum absolute atomic E-state index is 0.0123. The molecule has 26 heavy (non-hydrogen) atoms. The van der Waals surface area contributed by atoms with Gasteiger partial charge in [-0.3, -0.25) is 14.6 Å². The quantitative estimate of drug-likeness (QED) is 0.820. The van der Waals surface area contributed by atoms with E-state index >= 15 is 0 Å². The van der Waals surface area contributed by atoms with Crippen LogP contribution in [0, 0.1) is 5.92 Å². The Morgan fingerprint density at radius 2 is 2.23 bits per heavy atom. The molecule has 2 aliphatic heterocycles. The van der Waals surface area contributed by atoms with Crippen molar-refractivity contribution < 1.29 is 19.4 Å². The van der Waals surface area contributed by atoms with E-state index in [0.717, 1.165) is 12.8 Å². The SMILES string of the molecule is O=C(Nc1cnccn1)[C@@H]1C[C@@H]2CCN(C(=O)CC3(O)CCC3)C[C@H]2O1. The topological polar surface area (TPSA) is 105 Å². The summed E-state index contributed by atoms with van der Waals surface area (Å²) in [5.74, 6) is 0.452. The average Bonchev–Trinajstić information content (AvgIpc) is 3.04. The van der Waals surface area contributed by atoms with Crippen molar-refractivity contribution in [1.29, 1.82) is 0 Å². The minimum atomic E-state index is -0.802. The zero-order chi connectivity index (χ0) is 18.1. The third kappa shape index (κ3) is 3.57. The Kier molecular flexibility index (Phi) is 4.62. The van der Waals surface area contributed by atoms with E-state index in [1.165, 1.54) is 12.4 Å². The smallest absolute Gasteiger partial charge is 0.254 e. The molecule has 3 aliphatic rings. The first kappa shape index (κ1) is 17.4.